The maximum Gasteiger partial charge on any atom is 0.160 e. The van der Waals surface area contributed by atoms with Gasteiger partial charge in [-0.2, -0.15) is 0 Å². The normalized spacial score (nSPS) is 20.6. The molecule has 1 atom stereocenters. The van der Waals surface area contributed by atoms with Crippen molar-refractivity contribution in [3.05, 3.63) is 24.2 Å². The van der Waals surface area contributed by atoms with E-state index in [9.17, 15) is 0 Å². The Morgan fingerprint density at radius 1 is 1.32 bits per heavy atom. The van der Waals surface area contributed by atoms with Crippen LogP contribution in [0.4, 0.5) is 0 Å². The van der Waals surface area contributed by atoms with E-state index in [-0.39, 0.29) is 5.41 Å². The standard InChI is InChI=1S/C18H28N4/c1-18(2,3)13-22-16(11-14-7-6-10-21(4)12-14)20-15-8-5-9-19-17(15)22/h5,8-9,14H,6-7,10-13H2,1-4H3. The van der Waals surface area contributed by atoms with Crippen LogP contribution in [0.1, 0.15) is 39.4 Å². The number of pyridine rings is 1. The average molecular weight is 300 g/mol. The van der Waals surface area contributed by atoms with Gasteiger partial charge in [-0.3, -0.25) is 0 Å². The number of piperidine rings is 1. The van der Waals surface area contributed by atoms with Gasteiger partial charge in [0.1, 0.15) is 11.3 Å². The Balaban J connectivity index is 1.91. The fourth-order valence-corrected chi connectivity index (χ4v) is 3.50. The number of aromatic nitrogens is 3. The number of imidazole rings is 1. The summed E-state index contributed by atoms with van der Waals surface area (Å²) in [7, 11) is 2.23. The molecule has 1 aliphatic heterocycles. The van der Waals surface area contributed by atoms with Gasteiger partial charge in [-0.15, -0.1) is 0 Å². The first-order valence-corrected chi connectivity index (χ1v) is 8.41. The van der Waals surface area contributed by atoms with Gasteiger partial charge in [-0.05, 0) is 49.9 Å². The lowest BCUT2D eigenvalue weighted by molar-refractivity contribution is 0.205. The van der Waals surface area contributed by atoms with Crippen molar-refractivity contribution < 1.29 is 0 Å². The minimum Gasteiger partial charge on any atom is -0.312 e. The predicted octanol–water partition coefficient (Wildman–Crippen LogP) is 3.36. The first-order valence-electron chi connectivity index (χ1n) is 8.41. The van der Waals surface area contributed by atoms with E-state index >= 15 is 0 Å². The second-order valence-corrected chi connectivity index (χ2v) is 8.00. The minimum atomic E-state index is 0.225. The van der Waals surface area contributed by atoms with Crippen LogP contribution in [0.15, 0.2) is 18.3 Å². The minimum absolute atomic E-state index is 0.225. The third-order valence-electron chi connectivity index (χ3n) is 4.41. The van der Waals surface area contributed by atoms with Crippen LogP contribution in [0.5, 0.6) is 0 Å². The molecule has 0 radical (unpaired) electrons. The van der Waals surface area contributed by atoms with Gasteiger partial charge in [0.15, 0.2) is 5.65 Å². The summed E-state index contributed by atoms with van der Waals surface area (Å²) < 4.78 is 2.35. The highest BCUT2D eigenvalue weighted by Gasteiger charge is 2.23. The summed E-state index contributed by atoms with van der Waals surface area (Å²) in [5, 5.41) is 0. The first-order chi connectivity index (χ1) is 10.4. The molecule has 120 valence electrons. The molecule has 0 N–H and O–H groups in total. The molecule has 3 rings (SSSR count). The largest absolute Gasteiger partial charge is 0.312 e. The first kappa shape index (κ1) is 15.5. The quantitative estimate of drug-likeness (QED) is 0.871. The number of hydrogen-bond donors (Lipinski definition) is 0. The van der Waals surface area contributed by atoms with Gasteiger partial charge in [-0.1, -0.05) is 20.8 Å². The predicted molar refractivity (Wildman–Crippen MR) is 90.9 cm³/mol. The van der Waals surface area contributed by atoms with Crippen molar-refractivity contribution in [1.82, 2.24) is 19.4 Å². The summed E-state index contributed by atoms with van der Waals surface area (Å²) in [6.45, 7) is 10.2. The van der Waals surface area contributed by atoms with Gasteiger partial charge >= 0.3 is 0 Å². The van der Waals surface area contributed by atoms with Crippen molar-refractivity contribution in [2.75, 3.05) is 20.1 Å². The van der Waals surface area contributed by atoms with Gasteiger partial charge in [0.05, 0.1) is 0 Å². The molecule has 2 aromatic heterocycles. The number of likely N-dealkylation sites (tertiary alicyclic amines) is 1. The Labute approximate surface area is 133 Å². The molecule has 22 heavy (non-hydrogen) atoms. The van der Waals surface area contributed by atoms with Crippen LogP contribution in [-0.4, -0.2) is 39.6 Å². The van der Waals surface area contributed by atoms with E-state index in [0.717, 1.165) is 24.1 Å². The van der Waals surface area contributed by atoms with Crippen molar-refractivity contribution in [2.45, 2.75) is 46.6 Å². The maximum atomic E-state index is 4.90. The molecule has 0 aliphatic carbocycles. The Morgan fingerprint density at radius 3 is 2.86 bits per heavy atom. The molecule has 1 saturated heterocycles. The second kappa shape index (κ2) is 5.99. The van der Waals surface area contributed by atoms with Crippen LogP contribution in [0, 0.1) is 11.3 Å². The van der Waals surface area contributed by atoms with Crippen LogP contribution < -0.4 is 0 Å². The lowest BCUT2D eigenvalue weighted by Crippen LogP contribution is -2.33. The molecule has 4 heteroatoms. The molecule has 2 aromatic rings. The number of fused-ring (bicyclic) bond motifs is 1. The van der Waals surface area contributed by atoms with E-state index in [4.69, 9.17) is 4.98 Å². The summed E-state index contributed by atoms with van der Waals surface area (Å²) in [5.74, 6) is 1.93. The molecular weight excluding hydrogens is 272 g/mol. The molecule has 1 aliphatic rings. The Bertz CT molecular complexity index is 638. The molecule has 1 unspecified atom stereocenters. The van der Waals surface area contributed by atoms with E-state index < -0.39 is 0 Å². The number of hydrogen-bond acceptors (Lipinski definition) is 3. The van der Waals surface area contributed by atoms with Crippen LogP contribution in [0.2, 0.25) is 0 Å². The molecule has 1 fully saturated rings. The Morgan fingerprint density at radius 2 is 2.14 bits per heavy atom. The topological polar surface area (TPSA) is 34.0 Å². The van der Waals surface area contributed by atoms with Crippen molar-refractivity contribution in [2.24, 2.45) is 11.3 Å². The molecule has 0 saturated carbocycles. The summed E-state index contributed by atoms with van der Waals surface area (Å²) in [6, 6.07) is 4.06. The van der Waals surface area contributed by atoms with Gasteiger partial charge in [0, 0.05) is 25.7 Å². The average Bonchev–Trinajstić information content (AvgIpc) is 2.75. The van der Waals surface area contributed by atoms with Crippen molar-refractivity contribution in [1.29, 1.82) is 0 Å². The smallest absolute Gasteiger partial charge is 0.160 e. The van der Waals surface area contributed by atoms with Crippen LogP contribution in [0.25, 0.3) is 11.2 Å². The Hall–Kier alpha value is -1.42. The lowest BCUT2D eigenvalue weighted by atomic mass is 9.94. The lowest BCUT2D eigenvalue weighted by Gasteiger charge is -2.30. The highest BCUT2D eigenvalue weighted by Crippen LogP contribution is 2.25. The fourth-order valence-electron chi connectivity index (χ4n) is 3.50. The monoisotopic (exact) mass is 300 g/mol. The molecular formula is C18H28N4. The second-order valence-electron chi connectivity index (χ2n) is 8.00. The molecule has 0 bridgehead atoms. The zero-order valence-electron chi connectivity index (χ0n) is 14.3. The Kier molecular flexibility index (Phi) is 4.22. The third-order valence-corrected chi connectivity index (χ3v) is 4.41. The van der Waals surface area contributed by atoms with Crippen molar-refractivity contribution >= 4 is 11.2 Å². The van der Waals surface area contributed by atoms with Crippen molar-refractivity contribution in [3.63, 3.8) is 0 Å². The summed E-state index contributed by atoms with van der Waals surface area (Å²) >= 11 is 0. The van der Waals surface area contributed by atoms with Gasteiger partial charge in [0.2, 0.25) is 0 Å². The molecule has 0 aromatic carbocycles. The SMILES string of the molecule is CN1CCCC(Cc2nc3cccnc3n2CC(C)(C)C)C1. The number of nitrogens with zero attached hydrogens (tertiary/aromatic N) is 4. The zero-order chi connectivity index (χ0) is 15.7. The van der Waals surface area contributed by atoms with E-state index in [1.165, 1.54) is 31.8 Å². The highest BCUT2D eigenvalue weighted by molar-refractivity contribution is 5.71. The summed E-state index contributed by atoms with van der Waals surface area (Å²) in [4.78, 5) is 11.9. The van der Waals surface area contributed by atoms with E-state index in [1.807, 2.05) is 12.3 Å². The zero-order valence-corrected chi connectivity index (χ0v) is 14.3. The molecule has 4 nitrogen and oxygen atoms in total. The van der Waals surface area contributed by atoms with E-state index in [0.29, 0.717) is 5.92 Å². The van der Waals surface area contributed by atoms with E-state index in [1.54, 1.807) is 0 Å². The van der Waals surface area contributed by atoms with Gasteiger partial charge in [-0.25, -0.2) is 9.97 Å². The van der Waals surface area contributed by atoms with Gasteiger partial charge in [0.25, 0.3) is 0 Å². The van der Waals surface area contributed by atoms with Crippen LogP contribution in [-0.2, 0) is 13.0 Å². The molecule has 3 heterocycles. The number of rotatable bonds is 3. The molecule has 0 amide bonds. The van der Waals surface area contributed by atoms with Crippen LogP contribution in [0.3, 0.4) is 0 Å². The van der Waals surface area contributed by atoms with Crippen molar-refractivity contribution in [3.8, 4) is 0 Å². The summed E-state index contributed by atoms with van der Waals surface area (Å²) in [5.41, 5.74) is 2.30. The maximum absolute atomic E-state index is 4.90. The molecule has 0 spiro atoms. The fraction of sp³-hybridized carbons (Fsp3) is 0.667. The van der Waals surface area contributed by atoms with Gasteiger partial charge < -0.3 is 9.47 Å². The highest BCUT2D eigenvalue weighted by atomic mass is 15.1. The van der Waals surface area contributed by atoms with Crippen LogP contribution >= 0.6 is 0 Å². The van der Waals surface area contributed by atoms with E-state index in [2.05, 4.69) is 48.3 Å². The summed E-state index contributed by atoms with van der Waals surface area (Å²) in [6.07, 6.45) is 5.56. The third kappa shape index (κ3) is 3.49.